The SMILES string of the molecule is CC(C)[C@H](NC(=O)CCCCCN1C(=O)C=CC1=O)C(=O)N[C@@H](CCCNC(N)=O)C(=O)Nc1ccc(COC(=O)Nc2cccc3c2C(=O)c2c(O)c4c(c(O)c2C3=O)C[C@@H](C(=O)CO)CC4O[C@H]2C[C@H]3[C@H](O[C@@H]4COCCN43)[C@H](C)O2)cc1. The van der Waals surface area contributed by atoms with Crippen molar-refractivity contribution in [2.45, 2.75) is 134 Å². The smallest absolute Gasteiger partial charge is 0.411 e. The number of imide groups is 1. The second kappa shape index (κ2) is 26.8. The highest BCUT2D eigenvalue weighted by molar-refractivity contribution is 6.32. The number of primary amides is 1. The van der Waals surface area contributed by atoms with Crippen molar-refractivity contribution in [2.75, 3.05) is 50.1 Å². The van der Waals surface area contributed by atoms with Crippen LogP contribution in [0.15, 0.2) is 54.6 Å². The van der Waals surface area contributed by atoms with E-state index >= 15 is 0 Å². The number of phenolic OH excluding ortho intramolecular Hbond substituents is 2. The molecule has 3 fully saturated rings. The molecule has 0 spiro atoms. The van der Waals surface area contributed by atoms with E-state index in [9.17, 15) is 63.3 Å². The van der Waals surface area contributed by atoms with Crippen LogP contribution in [0.2, 0.25) is 0 Å². The molecule has 4 aliphatic heterocycles. The molecule has 26 nitrogen and oxygen atoms in total. The highest BCUT2D eigenvalue weighted by Gasteiger charge is 2.52. The monoisotopic (exact) mass is 1180 g/mol. The van der Waals surface area contributed by atoms with Gasteiger partial charge in [0.1, 0.15) is 49.1 Å². The summed E-state index contributed by atoms with van der Waals surface area (Å²) >= 11 is 0. The predicted octanol–water partition coefficient (Wildman–Crippen LogP) is 2.86. The minimum absolute atomic E-state index is 0.00403. The summed E-state index contributed by atoms with van der Waals surface area (Å²) in [5.74, 6) is -7.30. The summed E-state index contributed by atoms with van der Waals surface area (Å²) in [5.41, 5.74) is 4.29. The minimum atomic E-state index is -1.16. The lowest BCUT2D eigenvalue weighted by Gasteiger charge is -2.41. The number of hydrogen-bond donors (Lipinski definition) is 9. The van der Waals surface area contributed by atoms with Crippen molar-refractivity contribution in [3.63, 3.8) is 0 Å². The molecule has 0 saturated carbocycles. The largest absolute Gasteiger partial charge is 0.507 e. The van der Waals surface area contributed by atoms with Crippen molar-refractivity contribution in [1.82, 2.24) is 25.8 Å². The quantitative estimate of drug-likeness (QED) is 0.0293. The van der Waals surface area contributed by atoms with Crippen LogP contribution in [0.5, 0.6) is 11.5 Å². The van der Waals surface area contributed by atoms with Crippen LogP contribution in [0.4, 0.5) is 21.0 Å². The molecule has 0 bridgehead atoms. The molecule has 6 aliphatic rings. The third kappa shape index (κ3) is 13.7. The summed E-state index contributed by atoms with van der Waals surface area (Å²) in [6.45, 7) is 6.04. The molecular weight excluding hydrogens is 1110 g/mol. The van der Waals surface area contributed by atoms with Gasteiger partial charge in [0.2, 0.25) is 17.7 Å². The summed E-state index contributed by atoms with van der Waals surface area (Å²) in [7, 11) is 0. The Balaban J connectivity index is 0.829. The number of carbonyl (C=O) groups excluding carboxylic acids is 10. The summed E-state index contributed by atoms with van der Waals surface area (Å²) in [4.78, 5) is 134. The lowest BCUT2D eigenvalue weighted by atomic mass is 9.73. The fourth-order valence-electron chi connectivity index (χ4n) is 11.8. The van der Waals surface area contributed by atoms with Crippen LogP contribution in [-0.4, -0.2) is 166 Å². The average Bonchev–Trinajstić information content (AvgIpc) is 3.47. The zero-order valence-electron chi connectivity index (χ0n) is 47.2. The zero-order valence-corrected chi connectivity index (χ0v) is 47.2. The van der Waals surface area contributed by atoms with Crippen LogP contribution in [0.3, 0.4) is 0 Å². The van der Waals surface area contributed by atoms with Crippen molar-refractivity contribution >= 4 is 70.4 Å². The molecule has 9 rings (SSSR count). The van der Waals surface area contributed by atoms with Crippen molar-refractivity contribution in [3.05, 3.63) is 93.6 Å². The number of ether oxygens (including phenoxy) is 5. The fraction of sp³-hybridized carbons (Fsp3) is 0.492. The van der Waals surface area contributed by atoms with Crippen LogP contribution < -0.4 is 32.3 Å². The molecule has 4 heterocycles. The molecule has 10 N–H and O–H groups in total. The normalized spacial score (nSPS) is 23.0. The number of fused-ring (bicyclic) bond motifs is 6. The first kappa shape index (κ1) is 61.4. The number of nitrogens with two attached hydrogens (primary N) is 1. The summed E-state index contributed by atoms with van der Waals surface area (Å²) in [5, 5.41) is 47.2. The first-order chi connectivity index (χ1) is 40.7. The molecule has 3 aromatic carbocycles. The van der Waals surface area contributed by atoms with Crippen molar-refractivity contribution in [1.29, 1.82) is 0 Å². The van der Waals surface area contributed by atoms with Crippen molar-refractivity contribution in [2.24, 2.45) is 17.6 Å². The number of phenols is 2. The van der Waals surface area contributed by atoms with E-state index in [1.54, 1.807) is 26.0 Å². The van der Waals surface area contributed by atoms with Gasteiger partial charge in [0.15, 0.2) is 23.6 Å². The predicted molar refractivity (Wildman–Crippen MR) is 298 cm³/mol. The van der Waals surface area contributed by atoms with E-state index in [4.69, 9.17) is 29.4 Å². The molecule has 1 unspecified atom stereocenters. The van der Waals surface area contributed by atoms with Gasteiger partial charge in [0, 0.05) is 79.0 Å². The maximum Gasteiger partial charge on any atom is 0.411 e. The molecule has 3 aromatic rings. The number of benzene rings is 3. The number of nitrogens with zero attached hydrogens (tertiary/aromatic N) is 2. The van der Waals surface area contributed by atoms with E-state index in [2.05, 4.69) is 31.5 Å². The summed E-state index contributed by atoms with van der Waals surface area (Å²) in [6, 6.07) is 7.21. The third-order valence-electron chi connectivity index (χ3n) is 16.2. The minimum Gasteiger partial charge on any atom is -0.507 e. The van der Waals surface area contributed by atoms with Crippen molar-refractivity contribution in [3.8, 4) is 11.5 Å². The number of unbranched alkanes of at least 4 members (excludes halogenated alkanes) is 2. The Labute approximate surface area is 488 Å². The Bertz CT molecular complexity index is 3150. The lowest BCUT2D eigenvalue weighted by Crippen LogP contribution is -2.54. The number of Topliss-reactive ketones (excluding diaryl/α,β-unsaturated/α-hetero) is 1. The number of aliphatic hydroxyl groups excluding tert-OH is 1. The number of carbonyl (C=O) groups is 10. The molecule has 0 radical (unpaired) electrons. The van der Waals surface area contributed by atoms with Crippen LogP contribution in [0.25, 0.3) is 0 Å². The highest BCUT2D eigenvalue weighted by Crippen LogP contribution is 2.52. The van der Waals surface area contributed by atoms with Gasteiger partial charge in [-0.2, -0.15) is 0 Å². The third-order valence-corrected chi connectivity index (χ3v) is 16.2. The Hall–Kier alpha value is -8.14. The molecule has 85 heavy (non-hydrogen) atoms. The Morgan fingerprint density at radius 3 is 2.29 bits per heavy atom. The van der Waals surface area contributed by atoms with Crippen LogP contribution >= 0.6 is 0 Å². The van der Waals surface area contributed by atoms with Gasteiger partial charge in [-0.05, 0) is 75.1 Å². The molecule has 8 amide bonds. The molecule has 9 atom stereocenters. The van der Waals surface area contributed by atoms with Crippen molar-refractivity contribution < 1.29 is 86.9 Å². The number of urea groups is 1. The second-order valence-electron chi connectivity index (χ2n) is 22.2. The van der Waals surface area contributed by atoms with E-state index < -0.39 is 113 Å². The van der Waals surface area contributed by atoms with Gasteiger partial charge in [-0.1, -0.05) is 44.5 Å². The number of amides is 8. The molecule has 2 aliphatic carbocycles. The van der Waals surface area contributed by atoms with Gasteiger partial charge in [0.05, 0.1) is 47.8 Å². The number of hydrogen-bond acceptors (Lipinski definition) is 19. The molecule has 26 heteroatoms. The highest BCUT2D eigenvalue weighted by atomic mass is 16.7. The molecule has 0 aromatic heterocycles. The van der Waals surface area contributed by atoms with Gasteiger partial charge >= 0.3 is 12.1 Å². The summed E-state index contributed by atoms with van der Waals surface area (Å²) in [6.07, 6.45) is 0.273. The van der Waals surface area contributed by atoms with Gasteiger partial charge in [0.25, 0.3) is 11.8 Å². The number of rotatable bonds is 23. The van der Waals surface area contributed by atoms with Gasteiger partial charge in [-0.15, -0.1) is 0 Å². The van der Waals surface area contributed by atoms with Gasteiger partial charge in [-0.25, -0.2) is 9.59 Å². The number of morpholine rings is 1. The standard InChI is InChI=1S/C59H70N8O18/c1-29(2)50(65-41(70)12-5-4-6-20-67-42(71)17-18-43(67)72)57(78)63-37(11-8-19-61-58(60)79)56(77)62-33-15-13-31(14-16-33)27-82-59(80)64-36-10-7-9-34-46(36)53(75)49-48(51(34)73)52(74)35-23-32(39(69)26-68)24-40(47(35)54(49)76)84-45-25-38-55(30(3)83-45)85-44-28-81-22-21-66(38)44/h7,9-10,13-18,29-30,32,37-38,40,44-45,50,55,68,74,76H,4-6,8,11-12,19-28H2,1-3H3,(H,62,77)(H,63,78)(H,64,80)(H,65,70)(H3,60,61,79)/t30-,32+,37-,38-,40?,44+,45-,50-,55+/m0/s1. The van der Waals surface area contributed by atoms with Crippen LogP contribution in [0, 0.1) is 11.8 Å². The average molecular weight is 1180 g/mol. The maximum atomic E-state index is 14.7. The number of anilines is 2. The first-order valence-electron chi connectivity index (χ1n) is 28.5. The Morgan fingerprint density at radius 2 is 1.58 bits per heavy atom. The van der Waals surface area contributed by atoms with E-state index in [0.717, 1.165) is 4.90 Å². The van der Waals surface area contributed by atoms with Crippen LogP contribution in [0.1, 0.15) is 127 Å². The Kier molecular flexibility index (Phi) is 19.4. The molecule has 3 saturated heterocycles. The van der Waals surface area contributed by atoms with E-state index in [0.29, 0.717) is 56.7 Å². The van der Waals surface area contributed by atoms with Gasteiger partial charge in [-0.3, -0.25) is 53.5 Å². The number of aromatic hydroxyl groups is 2. The zero-order chi connectivity index (χ0) is 60.8. The van der Waals surface area contributed by atoms with E-state index in [1.807, 2.05) is 6.92 Å². The van der Waals surface area contributed by atoms with Gasteiger partial charge < -0.3 is 66.0 Å². The second-order valence-corrected chi connectivity index (χ2v) is 22.2. The first-order valence-corrected chi connectivity index (χ1v) is 28.5. The topological polar surface area (TPSA) is 370 Å². The maximum absolute atomic E-state index is 14.7. The number of aliphatic hydroxyl groups is 1. The molecular formula is C59H70N8O18. The lowest BCUT2D eigenvalue weighted by molar-refractivity contribution is -0.243. The van der Waals surface area contributed by atoms with E-state index in [-0.39, 0.29) is 116 Å². The molecule has 454 valence electrons. The number of ketones is 3. The van der Waals surface area contributed by atoms with E-state index in [1.165, 1.54) is 42.5 Å². The fourth-order valence-corrected chi connectivity index (χ4v) is 11.8. The summed E-state index contributed by atoms with van der Waals surface area (Å²) < 4.78 is 30.3. The number of nitrogens with one attached hydrogen (secondary N) is 5. The van der Waals surface area contributed by atoms with Crippen LogP contribution in [-0.2, 0) is 65.5 Å². The Morgan fingerprint density at radius 1 is 0.835 bits per heavy atom.